The Balaban J connectivity index is 1.35. The first-order chi connectivity index (χ1) is 19.2. The topological polar surface area (TPSA) is 76.8 Å². The SMILES string of the molecule is C[C@H]1C=CC(NC(=O)CC(C)(C)C)=CC(c2ccc3[nH]nc(-c4cc5c(N6CCCCC6)cccc5[nH]4)c3c2)=C1. The molecule has 1 fully saturated rings. The quantitative estimate of drug-likeness (QED) is 0.246. The second-order valence-electron chi connectivity index (χ2n) is 12.5. The number of benzene rings is 2. The largest absolute Gasteiger partial charge is 0.371 e. The van der Waals surface area contributed by atoms with E-state index in [2.05, 4.69) is 109 Å². The van der Waals surface area contributed by atoms with Gasteiger partial charge in [0.05, 0.1) is 11.2 Å². The van der Waals surface area contributed by atoms with E-state index in [4.69, 9.17) is 5.10 Å². The minimum absolute atomic E-state index is 0.0348. The number of nitrogens with zero attached hydrogens (tertiary/aromatic N) is 2. The molecule has 6 heteroatoms. The number of amides is 1. The van der Waals surface area contributed by atoms with Crippen LogP contribution >= 0.6 is 0 Å². The molecule has 2 aliphatic rings. The number of piperidine rings is 1. The summed E-state index contributed by atoms with van der Waals surface area (Å²) in [4.78, 5) is 18.8. The van der Waals surface area contributed by atoms with Crippen LogP contribution < -0.4 is 10.2 Å². The van der Waals surface area contributed by atoms with E-state index in [0.29, 0.717) is 6.42 Å². The lowest BCUT2D eigenvalue weighted by Crippen LogP contribution is -2.29. The predicted octanol–water partition coefficient (Wildman–Crippen LogP) is 7.73. The summed E-state index contributed by atoms with van der Waals surface area (Å²) in [5.41, 5.74) is 8.30. The number of carbonyl (C=O) groups is 1. The van der Waals surface area contributed by atoms with E-state index in [1.54, 1.807) is 0 Å². The van der Waals surface area contributed by atoms with Crippen LogP contribution in [0.2, 0.25) is 0 Å². The van der Waals surface area contributed by atoms with Gasteiger partial charge in [0.15, 0.2) is 0 Å². The summed E-state index contributed by atoms with van der Waals surface area (Å²) in [5, 5.41) is 13.4. The van der Waals surface area contributed by atoms with Crippen molar-refractivity contribution in [2.45, 2.75) is 53.4 Å². The molecule has 6 rings (SSSR count). The first-order valence-corrected chi connectivity index (χ1v) is 14.5. The number of hydrogen-bond acceptors (Lipinski definition) is 3. The third-order valence-electron chi connectivity index (χ3n) is 7.80. The van der Waals surface area contributed by atoms with Crippen molar-refractivity contribution in [1.82, 2.24) is 20.5 Å². The van der Waals surface area contributed by atoms with Crippen LogP contribution in [0.5, 0.6) is 0 Å². The Kier molecular flexibility index (Phi) is 6.87. The van der Waals surface area contributed by atoms with E-state index in [9.17, 15) is 4.79 Å². The van der Waals surface area contributed by atoms with E-state index < -0.39 is 0 Å². The Bertz CT molecular complexity index is 1650. The number of rotatable bonds is 5. The van der Waals surface area contributed by atoms with E-state index >= 15 is 0 Å². The number of fused-ring (bicyclic) bond motifs is 2. The molecule has 2 aromatic carbocycles. The van der Waals surface area contributed by atoms with Crippen molar-refractivity contribution in [1.29, 1.82) is 0 Å². The molecule has 1 saturated heterocycles. The molecule has 3 N–H and O–H groups in total. The van der Waals surface area contributed by atoms with Gasteiger partial charge in [0, 0.05) is 47.2 Å². The van der Waals surface area contributed by atoms with Gasteiger partial charge in [-0.25, -0.2) is 0 Å². The number of aromatic nitrogens is 3. The molecule has 40 heavy (non-hydrogen) atoms. The summed E-state index contributed by atoms with van der Waals surface area (Å²) < 4.78 is 0. The molecule has 206 valence electrons. The van der Waals surface area contributed by atoms with Crippen LogP contribution in [0, 0.1) is 11.3 Å². The average Bonchev–Trinajstić information content (AvgIpc) is 3.49. The zero-order chi connectivity index (χ0) is 27.9. The summed E-state index contributed by atoms with van der Waals surface area (Å²) in [6, 6.07) is 15.2. The van der Waals surface area contributed by atoms with Gasteiger partial charge in [-0.05, 0) is 84.2 Å². The molecule has 0 unspecified atom stereocenters. The molecule has 1 amide bonds. The van der Waals surface area contributed by atoms with Crippen molar-refractivity contribution in [2.24, 2.45) is 11.3 Å². The van der Waals surface area contributed by atoms with Crippen LogP contribution in [0.25, 0.3) is 38.8 Å². The van der Waals surface area contributed by atoms with Crippen molar-refractivity contribution in [3.05, 3.63) is 78.0 Å². The molecule has 1 aliphatic heterocycles. The monoisotopic (exact) mass is 533 g/mol. The Morgan fingerprint density at radius 3 is 2.67 bits per heavy atom. The van der Waals surface area contributed by atoms with Crippen LogP contribution in [0.3, 0.4) is 0 Å². The molecule has 3 heterocycles. The minimum atomic E-state index is -0.0646. The maximum absolute atomic E-state index is 12.7. The second kappa shape index (κ2) is 10.5. The zero-order valence-electron chi connectivity index (χ0n) is 24.0. The van der Waals surface area contributed by atoms with Gasteiger partial charge in [-0.1, -0.05) is 52.0 Å². The van der Waals surface area contributed by atoms with E-state index in [1.807, 2.05) is 6.08 Å². The first kappa shape index (κ1) is 26.2. The fraction of sp³-hybridized carbons (Fsp3) is 0.353. The second-order valence-corrected chi connectivity index (χ2v) is 12.5. The van der Waals surface area contributed by atoms with Crippen molar-refractivity contribution >= 4 is 39.0 Å². The lowest BCUT2D eigenvalue weighted by Gasteiger charge is -2.29. The Morgan fingerprint density at radius 1 is 1.05 bits per heavy atom. The number of allylic oxidation sites excluding steroid dienone is 5. The highest BCUT2D eigenvalue weighted by molar-refractivity contribution is 6.01. The average molecular weight is 534 g/mol. The number of anilines is 1. The van der Waals surface area contributed by atoms with E-state index in [0.717, 1.165) is 57.7 Å². The van der Waals surface area contributed by atoms with Crippen molar-refractivity contribution in [3.8, 4) is 11.4 Å². The van der Waals surface area contributed by atoms with Gasteiger partial charge in [-0.2, -0.15) is 5.10 Å². The summed E-state index contributed by atoms with van der Waals surface area (Å²) in [5.74, 6) is 0.275. The fourth-order valence-corrected chi connectivity index (χ4v) is 5.88. The number of carbonyl (C=O) groups excluding carboxylic acids is 1. The van der Waals surface area contributed by atoms with E-state index in [1.165, 1.54) is 30.3 Å². The summed E-state index contributed by atoms with van der Waals surface area (Å²) in [7, 11) is 0. The predicted molar refractivity (Wildman–Crippen MR) is 166 cm³/mol. The van der Waals surface area contributed by atoms with Crippen LogP contribution in [-0.2, 0) is 4.79 Å². The number of hydrogen-bond donors (Lipinski definition) is 3. The van der Waals surface area contributed by atoms with Gasteiger partial charge in [-0.15, -0.1) is 0 Å². The Labute approximate surface area is 236 Å². The molecule has 0 spiro atoms. The Morgan fingerprint density at radius 2 is 1.88 bits per heavy atom. The van der Waals surface area contributed by atoms with Gasteiger partial charge in [0.25, 0.3) is 0 Å². The summed E-state index contributed by atoms with van der Waals surface area (Å²) in [6.45, 7) is 10.6. The molecule has 1 atom stereocenters. The fourth-order valence-electron chi connectivity index (χ4n) is 5.88. The van der Waals surface area contributed by atoms with Gasteiger partial charge >= 0.3 is 0 Å². The molecule has 1 aliphatic carbocycles. The maximum atomic E-state index is 12.7. The molecule has 0 saturated carbocycles. The molecule has 0 radical (unpaired) electrons. The van der Waals surface area contributed by atoms with Gasteiger partial charge in [0.2, 0.25) is 5.91 Å². The van der Waals surface area contributed by atoms with Crippen LogP contribution in [-0.4, -0.2) is 34.2 Å². The summed E-state index contributed by atoms with van der Waals surface area (Å²) >= 11 is 0. The molecule has 4 aromatic rings. The molecule has 2 aromatic heterocycles. The minimum Gasteiger partial charge on any atom is -0.371 e. The van der Waals surface area contributed by atoms with Crippen molar-refractivity contribution < 1.29 is 4.79 Å². The van der Waals surface area contributed by atoms with Crippen molar-refractivity contribution in [2.75, 3.05) is 18.0 Å². The maximum Gasteiger partial charge on any atom is 0.224 e. The standard InChI is InChI=1S/C34H39N5O/c1-22-11-13-25(35-32(40)21-34(2,3)4)18-24(17-22)23-12-14-29-27(19-23)33(38-37-29)30-20-26-28(36-30)9-8-10-31(26)39-15-6-5-7-16-39/h8-14,17-20,22,36H,5-7,15-16,21H2,1-4H3,(H,35,40)(H,37,38)/t22-/m0/s1. The third-order valence-corrected chi connectivity index (χ3v) is 7.80. The summed E-state index contributed by atoms with van der Waals surface area (Å²) in [6.07, 6.45) is 12.8. The highest BCUT2D eigenvalue weighted by atomic mass is 16.1. The van der Waals surface area contributed by atoms with Crippen molar-refractivity contribution in [3.63, 3.8) is 0 Å². The third kappa shape index (κ3) is 5.48. The highest BCUT2D eigenvalue weighted by Crippen LogP contribution is 2.35. The Hall–Kier alpha value is -4.06. The molecule has 6 nitrogen and oxygen atoms in total. The van der Waals surface area contributed by atoms with Gasteiger partial charge in [-0.3, -0.25) is 9.89 Å². The lowest BCUT2D eigenvalue weighted by molar-refractivity contribution is -0.122. The normalized spacial score (nSPS) is 18.1. The number of H-pyrrole nitrogens is 2. The van der Waals surface area contributed by atoms with E-state index in [-0.39, 0.29) is 17.2 Å². The highest BCUT2D eigenvalue weighted by Gasteiger charge is 2.19. The smallest absolute Gasteiger partial charge is 0.224 e. The lowest BCUT2D eigenvalue weighted by atomic mass is 9.92. The molecular weight excluding hydrogens is 494 g/mol. The van der Waals surface area contributed by atoms with Gasteiger partial charge < -0.3 is 15.2 Å². The number of aromatic amines is 2. The number of nitrogens with one attached hydrogen (secondary N) is 3. The van der Waals surface area contributed by atoms with Crippen LogP contribution in [0.4, 0.5) is 5.69 Å². The molecule has 0 bridgehead atoms. The molecular formula is C34H39N5O. The van der Waals surface area contributed by atoms with Gasteiger partial charge in [0.1, 0.15) is 5.69 Å². The van der Waals surface area contributed by atoms with Crippen LogP contribution in [0.1, 0.15) is 58.9 Å². The first-order valence-electron chi connectivity index (χ1n) is 14.5. The zero-order valence-corrected chi connectivity index (χ0v) is 24.0. The van der Waals surface area contributed by atoms with Crippen LogP contribution in [0.15, 0.2) is 72.5 Å².